The van der Waals surface area contributed by atoms with E-state index in [1.807, 2.05) is 79.7 Å². The summed E-state index contributed by atoms with van der Waals surface area (Å²) in [5, 5.41) is 8.58. The first-order valence-corrected chi connectivity index (χ1v) is 8.28. The van der Waals surface area contributed by atoms with Gasteiger partial charge in [-0.05, 0) is 24.6 Å². The van der Waals surface area contributed by atoms with Crippen molar-refractivity contribution in [3.63, 3.8) is 0 Å². The first-order valence-electron chi connectivity index (χ1n) is 8.28. The van der Waals surface area contributed by atoms with Crippen LogP contribution in [0.4, 0.5) is 5.69 Å². The van der Waals surface area contributed by atoms with Gasteiger partial charge in [0.25, 0.3) is 0 Å². The molecule has 0 saturated heterocycles. The van der Waals surface area contributed by atoms with E-state index in [4.69, 9.17) is 5.73 Å². The number of carbonyl (C=O) groups excluding carboxylic acids is 1. The lowest BCUT2D eigenvalue weighted by Crippen LogP contribution is -2.15. The van der Waals surface area contributed by atoms with Crippen molar-refractivity contribution in [3.05, 3.63) is 102 Å². The monoisotopic (exact) mass is 341 g/mol. The molecule has 0 atom stereocenters. The van der Waals surface area contributed by atoms with Gasteiger partial charge in [-0.2, -0.15) is 5.10 Å². The number of nitrogen functional groups attached to an aromatic ring is 1. The fraction of sp³-hybridized carbons (Fsp3) is 0.0455. The molecule has 0 aliphatic rings. The van der Waals surface area contributed by atoms with Crippen molar-refractivity contribution in [1.29, 1.82) is 0 Å². The summed E-state index contributed by atoms with van der Waals surface area (Å²) in [6, 6.07) is 25.8. The molecule has 0 heterocycles. The van der Waals surface area contributed by atoms with Gasteiger partial charge in [0.2, 0.25) is 5.78 Å². The van der Waals surface area contributed by atoms with E-state index < -0.39 is 0 Å². The third-order valence-electron chi connectivity index (χ3n) is 3.90. The molecular weight excluding hydrogens is 322 g/mol. The molecule has 0 saturated carbocycles. The number of rotatable bonds is 5. The molecule has 128 valence electrons. The fourth-order valence-electron chi connectivity index (χ4n) is 2.50. The van der Waals surface area contributed by atoms with Crippen molar-refractivity contribution in [3.8, 4) is 0 Å². The van der Waals surface area contributed by atoms with E-state index in [1.54, 1.807) is 12.1 Å². The third-order valence-corrected chi connectivity index (χ3v) is 3.90. The zero-order chi connectivity index (χ0) is 18.4. The molecule has 4 heteroatoms. The summed E-state index contributed by atoms with van der Waals surface area (Å²) in [6.45, 7) is 1.84. The molecule has 3 rings (SSSR count). The van der Waals surface area contributed by atoms with Gasteiger partial charge in [-0.1, -0.05) is 72.8 Å². The van der Waals surface area contributed by atoms with Crippen LogP contribution < -0.4 is 5.73 Å². The van der Waals surface area contributed by atoms with Gasteiger partial charge in [-0.3, -0.25) is 4.79 Å². The SMILES string of the molecule is C/C(=N\N=C(\C(=O)c1ccccc1)c1ccccc1)c1cccc(N)c1. The van der Waals surface area contributed by atoms with Crippen molar-refractivity contribution < 1.29 is 4.79 Å². The number of anilines is 1. The Balaban J connectivity index is 2.02. The molecule has 0 spiro atoms. The van der Waals surface area contributed by atoms with E-state index >= 15 is 0 Å². The van der Waals surface area contributed by atoms with E-state index in [1.165, 1.54) is 0 Å². The molecule has 0 aliphatic heterocycles. The number of benzene rings is 3. The van der Waals surface area contributed by atoms with Crippen molar-refractivity contribution in [2.75, 3.05) is 5.73 Å². The van der Waals surface area contributed by atoms with Gasteiger partial charge in [0.05, 0.1) is 5.71 Å². The number of hydrogen-bond donors (Lipinski definition) is 1. The van der Waals surface area contributed by atoms with Crippen molar-refractivity contribution >= 4 is 22.9 Å². The lowest BCUT2D eigenvalue weighted by molar-refractivity contribution is 0.106. The predicted octanol–water partition coefficient (Wildman–Crippen LogP) is 4.37. The number of hydrogen-bond acceptors (Lipinski definition) is 4. The Morgan fingerprint density at radius 1 is 0.731 bits per heavy atom. The quantitative estimate of drug-likeness (QED) is 0.324. The maximum atomic E-state index is 12.9. The minimum atomic E-state index is -0.166. The Morgan fingerprint density at radius 3 is 1.92 bits per heavy atom. The van der Waals surface area contributed by atoms with Crippen LogP contribution in [-0.2, 0) is 0 Å². The van der Waals surface area contributed by atoms with E-state index in [0.29, 0.717) is 22.7 Å². The molecule has 0 aromatic heterocycles. The molecule has 0 radical (unpaired) electrons. The van der Waals surface area contributed by atoms with Crippen molar-refractivity contribution in [2.45, 2.75) is 6.92 Å². The summed E-state index contributed by atoms with van der Waals surface area (Å²) in [4.78, 5) is 12.9. The van der Waals surface area contributed by atoms with E-state index in [9.17, 15) is 4.79 Å². The minimum Gasteiger partial charge on any atom is -0.399 e. The van der Waals surface area contributed by atoms with Crippen molar-refractivity contribution in [2.24, 2.45) is 10.2 Å². The van der Waals surface area contributed by atoms with Crippen LogP contribution in [0.15, 0.2) is 95.1 Å². The molecule has 2 N–H and O–H groups in total. The average molecular weight is 341 g/mol. The Bertz CT molecular complexity index is 961. The molecular formula is C22H19N3O. The number of carbonyl (C=O) groups is 1. The number of ketones is 1. The van der Waals surface area contributed by atoms with E-state index in [-0.39, 0.29) is 5.78 Å². The van der Waals surface area contributed by atoms with Crippen molar-refractivity contribution in [1.82, 2.24) is 0 Å². The van der Waals surface area contributed by atoms with Gasteiger partial charge >= 0.3 is 0 Å². The molecule has 3 aromatic rings. The van der Waals surface area contributed by atoms with Crippen LogP contribution in [0.2, 0.25) is 0 Å². The Morgan fingerprint density at radius 2 is 1.31 bits per heavy atom. The highest BCUT2D eigenvalue weighted by molar-refractivity contribution is 6.51. The summed E-state index contributed by atoms with van der Waals surface area (Å²) < 4.78 is 0. The van der Waals surface area contributed by atoms with Crippen LogP contribution in [-0.4, -0.2) is 17.2 Å². The van der Waals surface area contributed by atoms with Crippen LogP contribution in [0.5, 0.6) is 0 Å². The maximum Gasteiger partial charge on any atom is 0.213 e. The summed E-state index contributed by atoms with van der Waals surface area (Å²) in [5.74, 6) is -0.166. The van der Waals surface area contributed by atoms with Gasteiger partial charge in [0.15, 0.2) is 0 Å². The molecule has 0 amide bonds. The normalized spacial score (nSPS) is 12.0. The van der Waals surface area contributed by atoms with Gasteiger partial charge < -0.3 is 5.73 Å². The molecule has 0 unspecified atom stereocenters. The lowest BCUT2D eigenvalue weighted by atomic mass is 10.0. The zero-order valence-electron chi connectivity index (χ0n) is 14.5. The van der Waals surface area contributed by atoms with Crippen LogP contribution >= 0.6 is 0 Å². The average Bonchev–Trinajstić information content (AvgIpc) is 2.69. The van der Waals surface area contributed by atoms with Crippen LogP contribution in [0.1, 0.15) is 28.4 Å². The standard InChI is InChI=1S/C22H19N3O/c1-16(19-13-8-14-20(23)15-19)24-25-21(17-9-4-2-5-10-17)22(26)18-11-6-3-7-12-18/h2-15H,23H2,1H3/b24-16+,25-21+. The summed E-state index contributed by atoms with van der Waals surface area (Å²) in [6.07, 6.45) is 0. The van der Waals surface area contributed by atoms with Gasteiger partial charge in [0, 0.05) is 16.8 Å². The second kappa shape index (κ2) is 8.03. The second-order valence-corrected chi connectivity index (χ2v) is 5.82. The third kappa shape index (κ3) is 4.11. The summed E-state index contributed by atoms with van der Waals surface area (Å²) in [7, 11) is 0. The highest BCUT2D eigenvalue weighted by Crippen LogP contribution is 2.11. The second-order valence-electron chi connectivity index (χ2n) is 5.82. The molecule has 26 heavy (non-hydrogen) atoms. The molecule has 3 aromatic carbocycles. The number of Topliss-reactive ketones (excluding diaryl/α,β-unsaturated/α-hetero) is 1. The molecule has 0 aliphatic carbocycles. The predicted molar refractivity (Wildman–Crippen MR) is 107 cm³/mol. The molecule has 4 nitrogen and oxygen atoms in total. The topological polar surface area (TPSA) is 67.8 Å². The zero-order valence-corrected chi connectivity index (χ0v) is 14.5. The Hall–Kier alpha value is -3.53. The van der Waals surface area contributed by atoms with Crippen LogP contribution in [0, 0.1) is 0 Å². The number of nitrogens with zero attached hydrogens (tertiary/aromatic N) is 2. The minimum absolute atomic E-state index is 0.166. The largest absolute Gasteiger partial charge is 0.399 e. The van der Waals surface area contributed by atoms with Gasteiger partial charge in [-0.25, -0.2) is 0 Å². The fourth-order valence-corrected chi connectivity index (χ4v) is 2.50. The highest BCUT2D eigenvalue weighted by Gasteiger charge is 2.16. The number of nitrogens with two attached hydrogens (primary N) is 1. The van der Waals surface area contributed by atoms with E-state index in [2.05, 4.69) is 10.2 Å². The van der Waals surface area contributed by atoms with E-state index in [0.717, 1.165) is 11.1 Å². The summed E-state index contributed by atoms with van der Waals surface area (Å²) >= 11 is 0. The lowest BCUT2D eigenvalue weighted by Gasteiger charge is -2.05. The van der Waals surface area contributed by atoms with Gasteiger partial charge in [-0.15, -0.1) is 5.10 Å². The maximum absolute atomic E-state index is 12.9. The highest BCUT2D eigenvalue weighted by atomic mass is 16.1. The first kappa shape index (κ1) is 17.3. The van der Waals surface area contributed by atoms with Crippen LogP contribution in [0.3, 0.4) is 0 Å². The Kier molecular flexibility index (Phi) is 5.34. The molecule has 0 bridgehead atoms. The van der Waals surface area contributed by atoms with Gasteiger partial charge in [0.1, 0.15) is 5.71 Å². The Labute approximate surface area is 152 Å². The smallest absolute Gasteiger partial charge is 0.213 e. The van der Waals surface area contributed by atoms with Crippen LogP contribution in [0.25, 0.3) is 0 Å². The first-order chi connectivity index (χ1) is 12.6. The molecule has 0 fully saturated rings. The summed E-state index contributed by atoms with van der Waals surface area (Å²) in [5.41, 5.74) is 9.64.